The smallest absolute Gasteiger partial charge is 0.0541 e. The molecule has 0 fully saturated rings. The Hall–Kier alpha value is -7.94. The van der Waals surface area contributed by atoms with Gasteiger partial charge in [0.2, 0.25) is 0 Å². The number of benzene rings is 10. The van der Waals surface area contributed by atoms with E-state index in [1.54, 1.807) is 0 Å². The quantitative estimate of drug-likeness (QED) is 0.150. The molecule has 2 nitrogen and oxygen atoms in total. The third kappa shape index (κ3) is 6.23. The van der Waals surface area contributed by atoms with Crippen molar-refractivity contribution >= 4 is 49.6 Å². The summed E-state index contributed by atoms with van der Waals surface area (Å²) in [6.07, 6.45) is 0. The average molecular weight is 765 g/mol. The summed E-state index contributed by atoms with van der Waals surface area (Å²) < 4.78 is 2.42. The number of fused-ring (bicyclic) bond motifs is 4. The number of hydrogen-bond donors (Lipinski definition) is 0. The molecule has 0 aliphatic heterocycles. The Labute approximate surface area is 350 Å². The average Bonchev–Trinajstić information content (AvgIpc) is 3.67. The van der Waals surface area contributed by atoms with Gasteiger partial charge in [-0.05, 0) is 87.3 Å². The second-order valence-electron chi connectivity index (χ2n) is 15.3. The van der Waals surface area contributed by atoms with Gasteiger partial charge in [-0.1, -0.05) is 194 Å². The van der Waals surface area contributed by atoms with E-state index < -0.39 is 0 Å². The van der Waals surface area contributed by atoms with E-state index in [0.29, 0.717) is 0 Å². The lowest BCUT2D eigenvalue weighted by Crippen LogP contribution is -2.11. The van der Waals surface area contributed by atoms with Crippen molar-refractivity contribution in [3.05, 3.63) is 243 Å². The zero-order chi connectivity index (χ0) is 39.8. The minimum Gasteiger partial charge on any atom is -0.309 e. The Morgan fingerprint density at radius 2 is 0.767 bits per heavy atom. The van der Waals surface area contributed by atoms with Crippen LogP contribution < -0.4 is 4.90 Å². The van der Waals surface area contributed by atoms with Crippen LogP contribution in [0.25, 0.3) is 82.8 Å². The summed E-state index contributed by atoms with van der Waals surface area (Å²) in [5.41, 5.74) is 16.4. The SMILES string of the molecule is c1ccc(-c2ccc(-c3ccccc3N(c3ccc(-c4cccc(-c5ccccc5-n5c6ccccc6c6ccccc65)c4)cc3)c3cccc4ccccc34)cc2)cc1. The first-order valence-corrected chi connectivity index (χ1v) is 20.6. The molecule has 0 amide bonds. The maximum Gasteiger partial charge on any atom is 0.0541 e. The Morgan fingerprint density at radius 3 is 1.53 bits per heavy atom. The molecule has 0 N–H and O–H groups in total. The molecule has 0 saturated carbocycles. The van der Waals surface area contributed by atoms with Crippen LogP contribution in [0.1, 0.15) is 0 Å². The van der Waals surface area contributed by atoms with Gasteiger partial charge in [-0.15, -0.1) is 0 Å². The van der Waals surface area contributed by atoms with Crippen molar-refractivity contribution in [3.8, 4) is 50.2 Å². The number of aromatic nitrogens is 1. The maximum atomic E-state index is 2.42. The van der Waals surface area contributed by atoms with Crippen LogP contribution in [0, 0.1) is 0 Å². The molecule has 0 spiro atoms. The lowest BCUT2D eigenvalue weighted by molar-refractivity contribution is 1.18. The van der Waals surface area contributed by atoms with E-state index in [1.807, 2.05) is 0 Å². The zero-order valence-electron chi connectivity index (χ0n) is 33.0. The highest BCUT2D eigenvalue weighted by molar-refractivity contribution is 6.10. The highest BCUT2D eigenvalue weighted by atomic mass is 15.1. The van der Waals surface area contributed by atoms with Crippen LogP contribution >= 0.6 is 0 Å². The summed E-state index contributed by atoms with van der Waals surface area (Å²) in [6.45, 7) is 0. The van der Waals surface area contributed by atoms with Crippen LogP contribution in [0.15, 0.2) is 243 Å². The van der Waals surface area contributed by atoms with Gasteiger partial charge in [0.05, 0.1) is 28.1 Å². The van der Waals surface area contributed by atoms with Gasteiger partial charge < -0.3 is 9.47 Å². The Kier molecular flexibility index (Phi) is 8.87. The molecule has 2 heteroatoms. The van der Waals surface area contributed by atoms with Crippen molar-refractivity contribution in [2.24, 2.45) is 0 Å². The van der Waals surface area contributed by atoms with Crippen LogP contribution in [0.3, 0.4) is 0 Å². The molecule has 0 unspecified atom stereocenters. The summed E-state index contributed by atoms with van der Waals surface area (Å²) in [5.74, 6) is 0. The Morgan fingerprint density at radius 1 is 0.283 bits per heavy atom. The van der Waals surface area contributed by atoms with Crippen molar-refractivity contribution in [2.75, 3.05) is 4.90 Å². The summed E-state index contributed by atoms with van der Waals surface area (Å²) >= 11 is 0. The van der Waals surface area contributed by atoms with Crippen LogP contribution in [0.2, 0.25) is 0 Å². The van der Waals surface area contributed by atoms with Crippen LogP contribution in [-0.4, -0.2) is 4.57 Å². The zero-order valence-corrected chi connectivity index (χ0v) is 33.0. The first-order chi connectivity index (χ1) is 29.8. The standard InChI is InChI=1S/C58H40N2/c1-2-16-41(17-3-1)42-32-34-45(35-33-42)50-23-6-10-27-54(50)59(55-31-15-19-44-18-4-5-22-49(44)55)48-38-36-43(37-39-48)46-20-14-21-47(40-46)51-24-7-11-28-56(51)60-57-29-12-8-25-52(57)53-26-9-13-30-58(53)60/h1-40H. The summed E-state index contributed by atoms with van der Waals surface area (Å²) in [5, 5.41) is 4.93. The van der Waals surface area contributed by atoms with Crippen molar-refractivity contribution in [1.29, 1.82) is 0 Å². The third-order valence-electron chi connectivity index (χ3n) is 11.8. The van der Waals surface area contributed by atoms with Gasteiger partial charge in [-0.25, -0.2) is 0 Å². The van der Waals surface area contributed by atoms with E-state index in [-0.39, 0.29) is 0 Å². The maximum absolute atomic E-state index is 2.42. The fourth-order valence-electron chi connectivity index (χ4n) is 8.96. The lowest BCUT2D eigenvalue weighted by atomic mass is 9.96. The van der Waals surface area contributed by atoms with Crippen LogP contribution in [-0.2, 0) is 0 Å². The molecule has 0 aliphatic carbocycles. The van der Waals surface area contributed by atoms with E-state index in [2.05, 4.69) is 252 Å². The van der Waals surface area contributed by atoms with Crippen LogP contribution in [0.5, 0.6) is 0 Å². The minimum atomic E-state index is 1.09. The third-order valence-corrected chi connectivity index (χ3v) is 11.8. The molecule has 1 aromatic heterocycles. The molecule has 0 radical (unpaired) electrons. The molecular formula is C58H40N2. The molecule has 0 aliphatic rings. The molecule has 0 atom stereocenters. The van der Waals surface area contributed by atoms with Crippen molar-refractivity contribution < 1.29 is 0 Å². The van der Waals surface area contributed by atoms with Gasteiger partial charge in [-0.3, -0.25) is 0 Å². The number of nitrogens with zero attached hydrogens (tertiary/aromatic N) is 2. The van der Waals surface area contributed by atoms with Crippen LogP contribution in [0.4, 0.5) is 17.1 Å². The van der Waals surface area contributed by atoms with Crippen molar-refractivity contribution in [2.45, 2.75) is 0 Å². The number of rotatable bonds is 8. The second kappa shape index (κ2) is 15.1. The van der Waals surface area contributed by atoms with Crippen molar-refractivity contribution in [1.82, 2.24) is 4.57 Å². The predicted octanol–water partition coefficient (Wildman–Crippen LogP) is 16.1. The Bertz CT molecular complexity index is 3240. The fraction of sp³-hybridized carbons (Fsp3) is 0. The molecular weight excluding hydrogens is 725 g/mol. The van der Waals surface area contributed by atoms with E-state index in [0.717, 1.165) is 22.6 Å². The molecule has 0 bridgehead atoms. The summed E-state index contributed by atoms with van der Waals surface area (Å²) in [7, 11) is 0. The van der Waals surface area contributed by atoms with E-state index in [1.165, 1.54) is 77.2 Å². The highest BCUT2D eigenvalue weighted by Gasteiger charge is 2.20. The minimum absolute atomic E-state index is 1.09. The van der Waals surface area contributed by atoms with Gasteiger partial charge in [-0.2, -0.15) is 0 Å². The molecule has 11 rings (SSSR count). The van der Waals surface area contributed by atoms with E-state index in [4.69, 9.17) is 0 Å². The number of para-hydroxylation sites is 4. The topological polar surface area (TPSA) is 8.17 Å². The monoisotopic (exact) mass is 764 g/mol. The molecule has 11 aromatic rings. The number of hydrogen-bond acceptors (Lipinski definition) is 1. The summed E-state index contributed by atoms with van der Waals surface area (Å²) in [6, 6.07) is 87.8. The fourth-order valence-corrected chi connectivity index (χ4v) is 8.96. The highest BCUT2D eigenvalue weighted by Crippen LogP contribution is 2.44. The largest absolute Gasteiger partial charge is 0.309 e. The van der Waals surface area contributed by atoms with Gasteiger partial charge in [0.25, 0.3) is 0 Å². The van der Waals surface area contributed by atoms with Gasteiger partial charge in [0, 0.05) is 33.0 Å². The predicted molar refractivity (Wildman–Crippen MR) is 255 cm³/mol. The number of anilines is 3. The molecule has 282 valence electrons. The molecule has 60 heavy (non-hydrogen) atoms. The molecule has 0 saturated heterocycles. The van der Waals surface area contributed by atoms with Gasteiger partial charge >= 0.3 is 0 Å². The lowest BCUT2D eigenvalue weighted by Gasteiger charge is -2.29. The molecule has 1 heterocycles. The second-order valence-corrected chi connectivity index (χ2v) is 15.3. The van der Waals surface area contributed by atoms with Crippen molar-refractivity contribution in [3.63, 3.8) is 0 Å². The first-order valence-electron chi connectivity index (χ1n) is 20.6. The summed E-state index contributed by atoms with van der Waals surface area (Å²) in [4.78, 5) is 2.42. The first kappa shape index (κ1) is 35.2. The van der Waals surface area contributed by atoms with Gasteiger partial charge in [0.1, 0.15) is 0 Å². The Balaban J connectivity index is 1.000. The van der Waals surface area contributed by atoms with E-state index >= 15 is 0 Å². The van der Waals surface area contributed by atoms with E-state index in [9.17, 15) is 0 Å². The molecule has 10 aromatic carbocycles. The normalized spacial score (nSPS) is 11.3. The van der Waals surface area contributed by atoms with Gasteiger partial charge in [0.15, 0.2) is 0 Å².